The van der Waals surface area contributed by atoms with Gasteiger partial charge in [-0.05, 0) is 42.3 Å². The number of nitrogens with zero attached hydrogens (tertiary/aromatic N) is 4. The molecule has 0 unspecified atom stereocenters. The van der Waals surface area contributed by atoms with Gasteiger partial charge in [0.1, 0.15) is 5.75 Å². The van der Waals surface area contributed by atoms with Crippen LogP contribution in [0.1, 0.15) is 11.1 Å². The van der Waals surface area contributed by atoms with Crippen LogP contribution in [0.5, 0.6) is 5.75 Å². The van der Waals surface area contributed by atoms with Gasteiger partial charge in [-0.2, -0.15) is 0 Å². The fourth-order valence-corrected chi connectivity index (χ4v) is 3.93. The number of fused-ring (bicyclic) bond motifs is 1. The van der Waals surface area contributed by atoms with Crippen LogP contribution < -0.4 is 15.6 Å². The lowest BCUT2D eigenvalue weighted by Crippen LogP contribution is -2.25. The summed E-state index contributed by atoms with van der Waals surface area (Å²) in [6.07, 6.45) is 2.95. The molecule has 0 saturated carbocycles. The molecule has 0 bridgehead atoms. The number of methoxy groups -OCH3 is 1. The number of anilines is 1. The van der Waals surface area contributed by atoms with Crippen LogP contribution in [0.15, 0.2) is 70.9 Å². The highest BCUT2D eigenvalue weighted by atomic mass is 32.2. The van der Waals surface area contributed by atoms with Crippen molar-refractivity contribution in [3.63, 3.8) is 0 Å². The summed E-state index contributed by atoms with van der Waals surface area (Å²) in [5.74, 6) is 0.630. The average Bonchev–Trinajstić information content (AvgIpc) is 2.80. The maximum atomic E-state index is 13.1. The molecule has 4 aromatic rings. The van der Waals surface area contributed by atoms with Crippen LogP contribution in [-0.4, -0.2) is 38.3 Å². The summed E-state index contributed by atoms with van der Waals surface area (Å²) >= 11 is 1.18. The Morgan fingerprint density at radius 3 is 2.66 bits per heavy atom. The quantitative estimate of drug-likeness (QED) is 0.343. The first-order chi connectivity index (χ1) is 15.5. The van der Waals surface area contributed by atoms with Crippen molar-refractivity contribution in [1.82, 2.24) is 19.5 Å². The minimum atomic E-state index is -0.305. The Morgan fingerprint density at radius 2 is 1.91 bits per heavy atom. The van der Waals surface area contributed by atoms with E-state index in [0.29, 0.717) is 5.16 Å². The number of thioether (sulfide) groups is 1. The number of ether oxygens (including phenoxy) is 1. The number of carbonyl (C=O) groups is 1. The zero-order valence-electron chi connectivity index (χ0n) is 17.6. The van der Waals surface area contributed by atoms with Crippen molar-refractivity contribution >= 4 is 34.5 Å². The van der Waals surface area contributed by atoms with E-state index >= 15 is 0 Å². The molecule has 2 aromatic heterocycles. The van der Waals surface area contributed by atoms with Gasteiger partial charge in [0, 0.05) is 18.1 Å². The highest BCUT2D eigenvalue weighted by molar-refractivity contribution is 7.99. The molecule has 2 aromatic carbocycles. The van der Waals surface area contributed by atoms with E-state index in [2.05, 4.69) is 20.3 Å². The first-order valence-electron chi connectivity index (χ1n) is 9.87. The molecule has 9 heteroatoms. The van der Waals surface area contributed by atoms with E-state index in [1.807, 2.05) is 55.5 Å². The van der Waals surface area contributed by atoms with Crippen LogP contribution in [0, 0.1) is 6.92 Å². The van der Waals surface area contributed by atoms with Crippen LogP contribution >= 0.6 is 11.8 Å². The molecular formula is C23H21N5O3S. The fraction of sp³-hybridized carbons (Fsp3) is 0.174. The molecule has 1 amide bonds. The van der Waals surface area contributed by atoms with Gasteiger partial charge in [-0.3, -0.25) is 14.2 Å². The summed E-state index contributed by atoms with van der Waals surface area (Å²) in [7, 11) is 1.60. The number of amides is 1. The fourth-order valence-electron chi connectivity index (χ4n) is 3.14. The molecule has 0 fully saturated rings. The molecule has 0 aliphatic carbocycles. The Bertz CT molecular complexity index is 1320. The first-order valence-corrected chi connectivity index (χ1v) is 10.9. The molecule has 0 saturated heterocycles. The van der Waals surface area contributed by atoms with E-state index in [0.717, 1.165) is 22.6 Å². The second kappa shape index (κ2) is 9.61. The molecule has 8 nitrogen and oxygen atoms in total. The maximum absolute atomic E-state index is 13.1. The number of hydrogen-bond donors (Lipinski definition) is 1. The molecule has 162 valence electrons. The van der Waals surface area contributed by atoms with E-state index < -0.39 is 0 Å². The average molecular weight is 448 g/mol. The van der Waals surface area contributed by atoms with Crippen molar-refractivity contribution in [2.45, 2.75) is 18.6 Å². The molecular weight excluding hydrogens is 426 g/mol. The zero-order chi connectivity index (χ0) is 22.5. The number of nitrogens with one attached hydrogen (secondary N) is 1. The Labute approximate surface area is 188 Å². The summed E-state index contributed by atoms with van der Waals surface area (Å²) in [6.45, 7) is 2.24. The van der Waals surface area contributed by atoms with Gasteiger partial charge in [0.05, 0.1) is 19.4 Å². The van der Waals surface area contributed by atoms with E-state index in [-0.39, 0.29) is 34.9 Å². The third kappa shape index (κ3) is 4.94. The molecule has 0 atom stereocenters. The first kappa shape index (κ1) is 21.5. The van der Waals surface area contributed by atoms with Gasteiger partial charge in [-0.25, -0.2) is 15.0 Å². The standard InChI is InChI=1S/C23H21N5O3S/c1-15-4-3-5-17(12-15)26-19(29)14-32-23-27-21-20(24-10-11-25-21)22(30)28(23)13-16-6-8-18(31-2)9-7-16/h3-12H,13-14H2,1-2H3,(H,26,29). The van der Waals surface area contributed by atoms with Crippen molar-refractivity contribution in [2.24, 2.45) is 0 Å². The summed E-state index contributed by atoms with van der Waals surface area (Å²) in [6, 6.07) is 15.0. The van der Waals surface area contributed by atoms with Crippen molar-refractivity contribution in [3.05, 3.63) is 82.4 Å². The topological polar surface area (TPSA) is 99.0 Å². The summed E-state index contributed by atoms with van der Waals surface area (Å²) < 4.78 is 6.72. The normalized spacial score (nSPS) is 10.8. The lowest BCUT2D eigenvalue weighted by Gasteiger charge is -2.13. The molecule has 1 N–H and O–H groups in total. The number of aromatic nitrogens is 4. The maximum Gasteiger partial charge on any atom is 0.282 e. The molecule has 2 heterocycles. The Hall–Kier alpha value is -3.72. The van der Waals surface area contributed by atoms with Gasteiger partial charge in [0.25, 0.3) is 5.56 Å². The van der Waals surface area contributed by atoms with Gasteiger partial charge in [-0.1, -0.05) is 36.0 Å². The zero-order valence-corrected chi connectivity index (χ0v) is 18.4. The number of hydrogen-bond acceptors (Lipinski definition) is 7. The van der Waals surface area contributed by atoms with E-state index in [9.17, 15) is 9.59 Å². The minimum absolute atomic E-state index is 0.0920. The van der Waals surface area contributed by atoms with Crippen molar-refractivity contribution in [2.75, 3.05) is 18.2 Å². The van der Waals surface area contributed by atoms with E-state index in [1.54, 1.807) is 7.11 Å². The largest absolute Gasteiger partial charge is 0.497 e. The third-order valence-electron chi connectivity index (χ3n) is 4.69. The lowest BCUT2D eigenvalue weighted by molar-refractivity contribution is -0.113. The van der Waals surface area contributed by atoms with Crippen LogP contribution in [0.25, 0.3) is 11.2 Å². The van der Waals surface area contributed by atoms with Crippen molar-refractivity contribution in [3.8, 4) is 5.75 Å². The number of rotatable bonds is 7. The summed E-state index contributed by atoms with van der Waals surface area (Å²) in [5.41, 5.74) is 2.81. The minimum Gasteiger partial charge on any atom is -0.497 e. The molecule has 0 aliphatic heterocycles. The van der Waals surface area contributed by atoms with Crippen LogP contribution in [0.4, 0.5) is 5.69 Å². The Balaban J connectivity index is 1.60. The Kier molecular flexibility index (Phi) is 6.46. The number of benzene rings is 2. The van der Waals surface area contributed by atoms with E-state index in [1.165, 1.54) is 28.7 Å². The second-order valence-corrected chi connectivity index (χ2v) is 8.01. The van der Waals surface area contributed by atoms with Gasteiger partial charge < -0.3 is 10.1 Å². The summed E-state index contributed by atoms with van der Waals surface area (Å²) in [4.78, 5) is 38.4. The number of carbonyl (C=O) groups excluding carboxylic acids is 1. The Morgan fingerprint density at radius 1 is 1.12 bits per heavy atom. The highest BCUT2D eigenvalue weighted by Gasteiger charge is 2.15. The van der Waals surface area contributed by atoms with E-state index in [4.69, 9.17) is 4.74 Å². The van der Waals surface area contributed by atoms with Gasteiger partial charge in [-0.15, -0.1) is 0 Å². The smallest absolute Gasteiger partial charge is 0.282 e. The molecule has 4 rings (SSSR count). The van der Waals surface area contributed by atoms with Crippen LogP contribution in [0.3, 0.4) is 0 Å². The van der Waals surface area contributed by atoms with Crippen LogP contribution in [-0.2, 0) is 11.3 Å². The van der Waals surface area contributed by atoms with Crippen LogP contribution in [0.2, 0.25) is 0 Å². The van der Waals surface area contributed by atoms with Gasteiger partial charge >= 0.3 is 0 Å². The molecule has 0 spiro atoms. The van der Waals surface area contributed by atoms with Crippen molar-refractivity contribution in [1.29, 1.82) is 0 Å². The number of aryl methyl sites for hydroxylation is 1. The van der Waals surface area contributed by atoms with Crippen molar-refractivity contribution < 1.29 is 9.53 Å². The predicted octanol–water partition coefficient (Wildman–Crippen LogP) is 3.28. The highest BCUT2D eigenvalue weighted by Crippen LogP contribution is 2.19. The molecule has 0 aliphatic rings. The molecule has 32 heavy (non-hydrogen) atoms. The molecule has 0 radical (unpaired) electrons. The predicted molar refractivity (Wildman–Crippen MR) is 124 cm³/mol. The van der Waals surface area contributed by atoms with Gasteiger partial charge in [0.15, 0.2) is 16.3 Å². The SMILES string of the molecule is COc1ccc(Cn2c(SCC(=O)Nc3cccc(C)c3)nc3nccnc3c2=O)cc1. The lowest BCUT2D eigenvalue weighted by atomic mass is 10.2. The third-order valence-corrected chi connectivity index (χ3v) is 5.67. The summed E-state index contributed by atoms with van der Waals surface area (Å²) in [5, 5.41) is 3.27. The van der Waals surface area contributed by atoms with Gasteiger partial charge in [0.2, 0.25) is 5.91 Å². The second-order valence-electron chi connectivity index (χ2n) is 7.07. The monoisotopic (exact) mass is 447 g/mol.